The first-order valence-corrected chi connectivity index (χ1v) is 9.49. The molecule has 0 aliphatic carbocycles. The van der Waals surface area contributed by atoms with Gasteiger partial charge >= 0.3 is 0 Å². The Morgan fingerprint density at radius 1 is 0.923 bits per heavy atom. The van der Waals surface area contributed by atoms with E-state index < -0.39 is 10.0 Å². The molecule has 26 heavy (non-hydrogen) atoms. The van der Waals surface area contributed by atoms with Crippen LogP contribution in [0.2, 0.25) is 0 Å². The number of rotatable bonds is 6. The highest BCUT2D eigenvalue weighted by atomic mass is 32.2. The van der Waals surface area contributed by atoms with Crippen LogP contribution in [-0.4, -0.2) is 8.42 Å². The van der Waals surface area contributed by atoms with E-state index in [1.807, 2.05) is 6.92 Å². The van der Waals surface area contributed by atoms with Crippen molar-refractivity contribution in [2.45, 2.75) is 18.4 Å². The molecule has 0 heterocycles. The molecule has 0 aliphatic rings. The molecule has 0 saturated heterocycles. The van der Waals surface area contributed by atoms with Crippen molar-refractivity contribution in [2.24, 2.45) is 0 Å². The highest BCUT2D eigenvalue weighted by molar-refractivity contribution is 7.89. The fourth-order valence-electron chi connectivity index (χ4n) is 2.34. The van der Waals surface area contributed by atoms with Gasteiger partial charge in [-0.2, -0.15) is 0 Å². The van der Waals surface area contributed by atoms with Crippen LogP contribution in [0.5, 0.6) is 11.5 Å². The van der Waals surface area contributed by atoms with Gasteiger partial charge in [0.1, 0.15) is 17.3 Å². The van der Waals surface area contributed by atoms with Gasteiger partial charge in [-0.05, 0) is 61.0 Å². The first kappa shape index (κ1) is 18.1. The highest BCUT2D eigenvalue weighted by Gasteiger charge is 2.13. The fraction of sp³-hybridized carbons (Fsp3) is 0.100. The van der Waals surface area contributed by atoms with E-state index in [2.05, 4.69) is 4.72 Å². The summed E-state index contributed by atoms with van der Waals surface area (Å²) < 4.78 is 45.9. The summed E-state index contributed by atoms with van der Waals surface area (Å²) >= 11 is 0. The highest BCUT2D eigenvalue weighted by Crippen LogP contribution is 2.22. The summed E-state index contributed by atoms with van der Waals surface area (Å²) in [5.41, 5.74) is 1.75. The van der Waals surface area contributed by atoms with Crippen molar-refractivity contribution in [1.29, 1.82) is 0 Å². The fourth-order valence-corrected chi connectivity index (χ4v) is 3.35. The van der Waals surface area contributed by atoms with Crippen molar-refractivity contribution in [3.8, 4) is 11.5 Å². The van der Waals surface area contributed by atoms with E-state index in [0.29, 0.717) is 11.5 Å². The van der Waals surface area contributed by atoms with Gasteiger partial charge in [-0.15, -0.1) is 0 Å². The van der Waals surface area contributed by atoms with Crippen LogP contribution < -0.4 is 9.46 Å². The minimum atomic E-state index is -3.58. The standard InChI is InChI=1S/C20H18FNO3S/c1-15-5-11-20(12-6-15)26(23,24)22-14-16-3-2-4-19(13-16)25-18-9-7-17(21)8-10-18/h2-13,22H,14H2,1H3. The number of nitrogens with one attached hydrogen (secondary N) is 1. The summed E-state index contributed by atoms with van der Waals surface area (Å²) in [6.45, 7) is 2.03. The van der Waals surface area contributed by atoms with Gasteiger partial charge in [-0.3, -0.25) is 0 Å². The monoisotopic (exact) mass is 371 g/mol. The Kier molecular flexibility index (Phi) is 5.35. The lowest BCUT2D eigenvalue weighted by atomic mass is 10.2. The van der Waals surface area contributed by atoms with E-state index in [1.165, 1.54) is 24.3 Å². The molecule has 3 rings (SSSR count). The normalized spacial score (nSPS) is 11.3. The number of ether oxygens (including phenoxy) is 1. The van der Waals surface area contributed by atoms with Crippen LogP contribution in [0.3, 0.4) is 0 Å². The largest absolute Gasteiger partial charge is 0.457 e. The number of aryl methyl sites for hydroxylation is 1. The zero-order valence-electron chi connectivity index (χ0n) is 14.1. The molecule has 0 saturated carbocycles. The molecule has 3 aromatic rings. The second kappa shape index (κ2) is 7.68. The van der Waals surface area contributed by atoms with E-state index in [4.69, 9.17) is 4.74 Å². The number of benzene rings is 3. The zero-order chi connectivity index (χ0) is 18.6. The van der Waals surface area contributed by atoms with Crippen LogP contribution in [0, 0.1) is 12.7 Å². The Hall–Kier alpha value is -2.70. The molecule has 0 amide bonds. The summed E-state index contributed by atoms with van der Waals surface area (Å²) in [7, 11) is -3.58. The van der Waals surface area contributed by atoms with Crippen molar-refractivity contribution < 1.29 is 17.5 Å². The summed E-state index contributed by atoms with van der Waals surface area (Å²) in [5, 5.41) is 0. The average Bonchev–Trinajstić information content (AvgIpc) is 2.63. The third-order valence-corrected chi connectivity index (χ3v) is 5.16. The summed E-state index contributed by atoms with van der Waals surface area (Å²) in [4.78, 5) is 0.224. The van der Waals surface area contributed by atoms with E-state index >= 15 is 0 Å². The summed E-state index contributed by atoms with van der Waals surface area (Å²) in [6.07, 6.45) is 0. The van der Waals surface area contributed by atoms with Gasteiger partial charge in [0.05, 0.1) is 4.90 Å². The lowest BCUT2D eigenvalue weighted by Gasteiger charge is -2.10. The molecule has 0 aromatic heterocycles. The van der Waals surface area contributed by atoms with Crippen molar-refractivity contribution >= 4 is 10.0 Å². The molecule has 134 valence electrons. The van der Waals surface area contributed by atoms with Crippen LogP contribution in [0.15, 0.2) is 77.7 Å². The van der Waals surface area contributed by atoms with Gasteiger partial charge in [0, 0.05) is 6.54 Å². The maximum atomic E-state index is 12.9. The molecule has 3 aromatic carbocycles. The van der Waals surface area contributed by atoms with Gasteiger partial charge in [0.2, 0.25) is 10.0 Å². The van der Waals surface area contributed by atoms with Gasteiger partial charge in [-0.1, -0.05) is 29.8 Å². The first-order valence-electron chi connectivity index (χ1n) is 8.01. The average molecular weight is 371 g/mol. The molecule has 0 spiro atoms. The lowest BCUT2D eigenvalue weighted by molar-refractivity contribution is 0.479. The van der Waals surface area contributed by atoms with Crippen LogP contribution in [-0.2, 0) is 16.6 Å². The van der Waals surface area contributed by atoms with Crippen molar-refractivity contribution in [3.05, 3.63) is 89.7 Å². The van der Waals surface area contributed by atoms with Crippen LogP contribution in [0.1, 0.15) is 11.1 Å². The number of hydrogen-bond donors (Lipinski definition) is 1. The molecule has 1 N–H and O–H groups in total. The Morgan fingerprint density at radius 3 is 2.31 bits per heavy atom. The second-order valence-electron chi connectivity index (χ2n) is 5.84. The minimum Gasteiger partial charge on any atom is -0.457 e. The minimum absolute atomic E-state index is 0.136. The van der Waals surface area contributed by atoms with Gasteiger partial charge in [0.25, 0.3) is 0 Å². The third kappa shape index (κ3) is 4.68. The molecule has 0 atom stereocenters. The third-order valence-electron chi connectivity index (χ3n) is 3.75. The van der Waals surface area contributed by atoms with Crippen molar-refractivity contribution in [1.82, 2.24) is 4.72 Å². The van der Waals surface area contributed by atoms with E-state index in [1.54, 1.807) is 48.5 Å². The van der Waals surface area contributed by atoms with Crippen LogP contribution >= 0.6 is 0 Å². The Balaban J connectivity index is 1.68. The molecule has 0 radical (unpaired) electrons. The second-order valence-corrected chi connectivity index (χ2v) is 7.61. The zero-order valence-corrected chi connectivity index (χ0v) is 15.0. The maximum Gasteiger partial charge on any atom is 0.240 e. The number of sulfonamides is 1. The smallest absolute Gasteiger partial charge is 0.240 e. The Morgan fingerprint density at radius 2 is 1.62 bits per heavy atom. The van der Waals surface area contributed by atoms with E-state index in [9.17, 15) is 12.8 Å². The number of halogens is 1. The molecule has 0 aliphatic heterocycles. The van der Waals surface area contributed by atoms with Gasteiger partial charge in [0.15, 0.2) is 0 Å². The summed E-state index contributed by atoms with van der Waals surface area (Å²) in [5.74, 6) is 0.712. The molecular formula is C20H18FNO3S. The number of hydrogen-bond acceptors (Lipinski definition) is 3. The van der Waals surface area contributed by atoms with Crippen LogP contribution in [0.4, 0.5) is 4.39 Å². The van der Waals surface area contributed by atoms with E-state index in [-0.39, 0.29) is 17.3 Å². The molecule has 0 fully saturated rings. The topological polar surface area (TPSA) is 55.4 Å². The van der Waals surface area contributed by atoms with Crippen molar-refractivity contribution in [3.63, 3.8) is 0 Å². The van der Waals surface area contributed by atoms with Gasteiger partial charge < -0.3 is 4.74 Å². The molecular weight excluding hydrogens is 353 g/mol. The quantitative estimate of drug-likeness (QED) is 0.698. The van der Waals surface area contributed by atoms with Crippen molar-refractivity contribution in [2.75, 3.05) is 0 Å². The van der Waals surface area contributed by atoms with Crippen LogP contribution in [0.25, 0.3) is 0 Å². The molecule has 0 unspecified atom stereocenters. The van der Waals surface area contributed by atoms with E-state index in [0.717, 1.165) is 11.1 Å². The predicted molar refractivity (Wildman–Crippen MR) is 98.1 cm³/mol. The SMILES string of the molecule is Cc1ccc(S(=O)(=O)NCc2cccc(Oc3ccc(F)cc3)c2)cc1. The molecule has 4 nitrogen and oxygen atoms in total. The predicted octanol–water partition coefficient (Wildman–Crippen LogP) is 4.40. The summed E-state index contributed by atoms with van der Waals surface area (Å²) in [6, 6.07) is 19.4. The lowest BCUT2D eigenvalue weighted by Crippen LogP contribution is -2.23. The maximum absolute atomic E-state index is 12.9. The Labute approximate surface area is 152 Å². The molecule has 6 heteroatoms. The van der Waals surface area contributed by atoms with Gasteiger partial charge in [-0.25, -0.2) is 17.5 Å². The Bertz CT molecular complexity index is 984. The molecule has 0 bridgehead atoms. The first-order chi connectivity index (χ1) is 12.4.